The molecule has 9 nitrogen and oxygen atoms in total. The van der Waals surface area contributed by atoms with Crippen molar-refractivity contribution in [2.75, 3.05) is 12.0 Å². The van der Waals surface area contributed by atoms with Crippen LogP contribution in [-0.2, 0) is 20.8 Å². The van der Waals surface area contributed by atoms with E-state index in [-0.39, 0.29) is 17.9 Å². The number of aromatic nitrogens is 1. The number of amides is 2. The normalized spacial score (nSPS) is 24.4. The summed E-state index contributed by atoms with van der Waals surface area (Å²) in [5, 5.41) is 25.8. The number of phenolic OH excluding ortho intramolecular Hbond substituents is 1. The number of aromatic amines is 1. The number of carboxylic acids is 1. The third-order valence-corrected chi connectivity index (χ3v) is 8.03. The molecule has 0 saturated carbocycles. The Bertz CT molecular complexity index is 1640. The van der Waals surface area contributed by atoms with Gasteiger partial charge in [0.25, 0.3) is 0 Å². The molecular weight excluding hydrogens is 498 g/mol. The fourth-order valence-corrected chi connectivity index (χ4v) is 6.26. The zero-order valence-electron chi connectivity index (χ0n) is 21.3. The number of rotatable bonds is 6. The van der Waals surface area contributed by atoms with Crippen molar-refractivity contribution in [2.24, 2.45) is 11.8 Å². The van der Waals surface area contributed by atoms with Crippen LogP contribution in [0.2, 0.25) is 0 Å². The topological polar surface area (TPSA) is 132 Å². The van der Waals surface area contributed by atoms with Crippen molar-refractivity contribution in [1.82, 2.24) is 10.3 Å². The highest BCUT2D eigenvalue weighted by molar-refractivity contribution is 6.24. The van der Waals surface area contributed by atoms with Crippen LogP contribution in [0.5, 0.6) is 11.5 Å². The van der Waals surface area contributed by atoms with Gasteiger partial charge in [0.2, 0.25) is 11.8 Å². The van der Waals surface area contributed by atoms with Crippen LogP contribution in [-0.4, -0.2) is 45.6 Å². The van der Waals surface area contributed by atoms with Crippen molar-refractivity contribution in [1.29, 1.82) is 0 Å². The minimum atomic E-state index is -1.83. The van der Waals surface area contributed by atoms with Gasteiger partial charge in [0.1, 0.15) is 5.54 Å². The fraction of sp³-hybridized carbons (Fsp3) is 0.233. The van der Waals surface area contributed by atoms with Crippen LogP contribution >= 0.6 is 0 Å². The van der Waals surface area contributed by atoms with E-state index in [0.29, 0.717) is 16.8 Å². The average molecular weight is 526 g/mol. The molecule has 198 valence electrons. The number of fused-ring (bicyclic) bond motifs is 2. The molecule has 39 heavy (non-hydrogen) atoms. The molecule has 0 bridgehead atoms. The molecule has 0 radical (unpaired) electrons. The van der Waals surface area contributed by atoms with Gasteiger partial charge in [-0.25, -0.2) is 4.90 Å². The number of aliphatic carboxylic acids is 1. The molecule has 9 heteroatoms. The minimum Gasteiger partial charge on any atom is -0.504 e. The maximum atomic E-state index is 14.1. The second kappa shape index (κ2) is 8.99. The van der Waals surface area contributed by atoms with E-state index in [1.165, 1.54) is 7.11 Å². The predicted octanol–water partition coefficient (Wildman–Crippen LogP) is 3.71. The Labute approximate surface area is 224 Å². The van der Waals surface area contributed by atoms with E-state index in [0.717, 1.165) is 21.4 Å². The minimum absolute atomic E-state index is 0.0601. The predicted molar refractivity (Wildman–Crippen MR) is 144 cm³/mol. The lowest BCUT2D eigenvalue weighted by atomic mass is 9.76. The molecule has 0 spiro atoms. The number of H-pyrrole nitrogens is 1. The van der Waals surface area contributed by atoms with Crippen molar-refractivity contribution in [3.8, 4) is 11.5 Å². The number of aryl methyl sites for hydroxylation is 1. The number of nitrogens with zero attached hydrogens (tertiary/aromatic N) is 1. The molecule has 2 aliphatic rings. The zero-order valence-corrected chi connectivity index (χ0v) is 21.3. The van der Waals surface area contributed by atoms with Crippen molar-refractivity contribution in [3.05, 3.63) is 89.6 Å². The highest BCUT2D eigenvalue weighted by Gasteiger charge is 2.69. The summed E-state index contributed by atoms with van der Waals surface area (Å²) in [5.41, 5.74) is 1.23. The summed E-state index contributed by atoms with van der Waals surface area (Å²) in [6.07, 6.45) is 1.68. The van der Waals surface area contributed by atoms with Crippen molar-refractivity contribution >= 4 is 34.4 Å². The molecular formula is C30H27N3O6. The second-order valence-electron chi connectivity index (χ2n) is 10.2. The number of hydrogen-bond acceptors (Lipinski definition) is 6. The van der Waals surface area contributed by atoms with Gasteiger partial charge in [0.15, 0.2) is 11.5 Å². The maximum absolute atomic E-state index is 14.1. The van der Waals surface area contributed by atoms with Gasteiger partial charge in [-0.15, -0.1) is 0 Å². The van der Waals surface area contributed by atoms with Gasteiger partial charge in [-0.05, 0) is 42.3 Å². The van der Waals surface area contributed by atoms with E-state index < -0.39 is 41.2 Å². The van der Waals surface area contributed by atoms with E-state index in [2.05, 4.69) is 10.3 Å². The molecule has 4 aromatic rings. The Morgan fingerprint density at radius 2 is 1.82 bits per heavy atom. The summed E-state index contributed by atoms with van der Waals surface area (Å²) >= 11 is 0. The summed E-state index contributed by atoms with van der Waals surface area (Å²) in [7, 11) is 1.41. The Balaban J connectivity index is 1.54. The summed E-state index contributed by atoms with van der Waals surface area (Å²) in [4.78, 5) is 45.6. The number of carboxylic acid groups (broad SMARTS) is 1. The first kappa shape index (κ1) is 24.7. The molecule has 1 aromatic heterocycles. The first-order valence-corrected chi connectivity index (χ1v) is 12.6. The molecule has 2 amide bonds. The summed E-state index contributed by atoms with van der Waals surface area (Å²) < 4.78 is 5.28. The Kier molecular flexibility index (Phi) is 5.69. The number of benzene rings is 3. The lowest BCUT2D eigenvalue weighted by Crippen LogP contribution is -2.57. The van der Waals surface area contributed by atoms with E-state index in [4.69, 9.17) is 4.74 Å². The molecule has 0 unspecified atom stereocenters. The van der Waals surface area contributed by atoms with Gasteiger partial charge < -0.3 is 19.9 Å². The zero-order chi connectivity index (χ0) is 27.5. The number of ether oxygens (including phenoxy) is 1. The van der Waals surface area contributed by atoms with Gasteiger partial charge in [-0.3, -0.25) is 19.7 Å². The Hall–Kier alpha value is -4.63. The van der Waals surface area contributed by atoms with Gasteiger partial charge in [-0.1, -0.05) is 42.5 Å². The van der Waals surface area contributed by atoms with E-state index in [9.17, 15) is 24.6 Å². The molecule has 4 atom stereocenters. The monoisotopic (exact) mass is 525 g/mol. The van der Waals surface area contributed by atoms with Crippen molar-refractivity contribution < 1.29 is 29.3 Å². The number of phenols is 1. The van der Waals surface area contributed by atoms with E-state index in [1.807, 2.05) is 37.3 Å². The van der Waals surface area contributed by atoms with Crippen LogP contribution in [0.4, 0.5) is 5.69 Å². The smallest absolute Gasteiger partial charge is 0.325 e. The number of carbonyl (C=O) groups excluding carboxylic acids is 2. The fourth-order valence-electron chi connectivity index (χ4n) is 6.26. The lowest BCUT2D eigenvalue weighted by molar-refractivity contribution is -0.148. The highest BCUT2D eigenvalue weighted by Crippen LogP contribution is 2.53. The lowest BCUT2D eigenvalue weighted by Gasteiger charge is -2.31. The number of anilines is 1. The second-order valence-corrected chi connectivity index (χ2v) is 10.2. The molecule has 0 aliphatic carbocycles. The number of hydrogen-bond donors (Lipinski definition) is 4. The van der Waals surface area contributed by atoms with E-state index >= 15 is 0 Å². The van der Waals surface area contributed by atoms with Crippen LogP contribution in [0.3, 0.4) is 0 Å². The number of para-hydroxylation sites is 2. The van der Waals surface area contributed by atoms with E-state index in [1.54, 1.807) is 42.6 Å². The quantitative estimate of drug-likeness (QED) is 0.282. The third-order valence-electron chi connectivity index (χ3n) is 8.03. The molecule has 3 heterocycles. The molecule has 4 N–H and O–H groups in total. The number of aromatic hydroxyl groups is 1. The summed E-state index contributed by atoms with van der Waals surface area (Å²) in [5.74, 6) is -4.68. The number of nitrogens with one attached hydrogen (secondary N) is 2. The number of imide groups is 1. The first-order valence-electron chi connectivity index (χ1n) is 12.6. The molecule has 6 rings (SSSR count). The largest absolute Gasteiger partial charge is 0.504 e. The SMILES string of the molecule is COc1cccc([C@@H]2N[C@](Cc3c[nH]c4ccccc34)(C(=O)O)[C@H]3C(=O)N(c4cccc(C)c4)C(=O)[C@@H]23)c1O. The van der Waals surface area contributed by atoms with Crippen LogP contribution in [0.15, 0.2) is 72.9 Å². The first-order chi connectivity index (χ1) is 18.8. The average Bonchev–Trinajstić information content (AvgIpc) is 3.56. The van der Waals surface area contributed by atoms with Crippen LogP contribution in [0.1, 0.15) is 22.7 Å². The third kappa shape index (κ3) is 3.61. The van der Waals surface area contributed by atoms with Crippen LogP contribution in [0, 0.1) is 18.8 Å². The van der Waals surface area contributed by atoms with Crippen LogP contribution < -0.4 is 15.0 Å². The Morgan fingerprint density at radius 1 is 1.05 bits per heavy atom. The van der Waals surface area contributed by atoms with Gasteiger partial charge in [0.05, 0.1) is 24.6 Å². The Morgan fingerprint density at radius 3 is 2.56 bits per heavy atom. The molecule has 3 aromatic carbocycles. The van der Waals surface area contributed by atoms with Gasteiger partial charge >= 0.3 is 5.97 Å². The van der Waals surface area contributed by atoms with Crippen molar-refractivity contribution in [3.63, 3.8) is 0 Å². The van der Waals surface area contributed by atoms with Crippen molar-refractivity contribution in [2.45, 2.75) is 24.9 Å². The standard InChI is InChI=1S/C30H27N3O6/c1-16-7-5-8-18(13-16)33-27(35)23-24(28(33)36)30(29(37)38,14-17-15-31-21-11-4-3-9-19(17)21)32-25(23)20-10-6-12-22(39-2)26(20)34/h3-13,15,23-25,31-32,34H,14H2,1-2H3,(H,37,38)/t23-,24-,25+,30+/m1/s1. The maximum Gasteiger partial charge on any atom is 0.325 e. The van der Waals surface area contributed by atoms with Gasteiger partial charge in [-0.2, -0.15) is 0 Å². The summed E-state index contributed by atoms with van der Waals surface area (Å²) in [6, 6.07) is 18.4. The molecule has 2 fully saturated rings. The summed E-state index contributed by atoms with van der Waals surface area (Å²) in [6.45, 7) is 1.85. The highest BCUT2D eigenvalue weighted by atomic mass is 16.5. The van der Waals surface area contributed by atoms with Gasteiger partial charge in [0, 0.05) is 35.1 Å². The number of carbonyl (C=O) groups is 3. The number of methoxy groups -OCH3 is 1. The van der Waals surface area contributed by atoms with Crippen LogP contribution in [0.25, 0.3) is 10.9 Å². The molecule has 2 aliphatic heterocycles. The molecule has 2 saturated heterocycles.